The maximum atomic E-state index is 14.0. The third-order valence-electron chi connectivity index (χ3n) is 6.58. The summed E-state index contributed by atoms with van der Waals surface area (Å²) in [6.45, 7) is 5.78. The van der Waals surface area contributed by atoms with Gasteiger partial charge in [0.2, 0.25) is 5.91 Å². The second kappa shape index (κ2) is 9.02. The van der Waals surface area contributed by atoms with Crippen LogP contribution in [0.15, 0.2) is 28.2 Å². The molecule has 1 aliphatic carbocycles. The quantitative estimate of drug-likeness (QED) is 0.306. The maximum Gasteiger partial charge on any atom is 0.267 e. The van der Waals surface area contributed by atoms with E-state index in [0.717, 1.165) is 72.2 Å². The Kier molecular flexibility index (Phi) is 6.12. The average molecular weight is 468 g/mol. The van der Waals surface area contributed by atoms with Gasteiger partial charge in [-0.2, -0.15) is 0 Å². The summed E-state index contributed by atoms with van der Waals surface area (Å²) in [5.41, 5.74) is 4.29. The summed E-state index contributed by atoms with van der Waals surface area (Å²) in [5, 5.41) is 1.42. The molecule has 2 aliphatic rings. The molecule has 168 valence electrons. The van der Waals surface area contributed by atoms with Crippen LogP contribution in [0, 0.1) is 13.8 Å². The third kappa shape index (κ3) is 4.01. The maximum absolute atomic E-state index is 14.0. The Hall–Kier alpha value is -2.12. The molecule has 3 heterocycles. The van der Waals surface area contributed by atoms with Crippen LogP contribution in [0.1, 0.15) is 53.7 Å². The molecular formula is C25H29N3O2S2. The molecule has 5 nitrogen and oxygen atoms in total. The van der Waals surface area contributed by atoms with E-state index in [1.165, 1.54) is 35.0 Å². The fourth-order valence-corrected chi connectivity index (χ4v) is 7.12. The van der Waals surface area contributed by atoms with E-state index in [1.54, 1.807) is 15.9 Å². The third-order valence-corrected chi connectivity index (χ3v) is 8.69. The van der Waals surface area contributed by atoms with E-state index < -0.39 is 0 Å². The van der Waals surface area contributed by atoms with Gasteiger partial charge in [-0.05, 0) is 69.6 Å². The van der Waals surface area contributed by atoms with Crippen molar-refractivity contribution in [3.8, 4) is 5.69 Å². The van der Waals surface area contributed by atoms with Crippen molar-refractivity contribution in [2.75, 3.05) is 18.8 Å². The molecule has 0 radical (unpaired) electrons. The highest BCUT2D eigenvalue weighted by atomic mass is 32.2. The first-order chi connectivity index (χ1) is 15.5. The zero-order valence-electron chi connectivity index (χ0n) is 18.8. The van der Waals surface area contributed by atoms with E-state index in [0.29, 0.717) is 10.9 Å². The Bertz CT molecular complexity index is 1240. The number of benzene rings is 1. The van der Waals surface area contributed by atoms with Crippen molar-refractivity contribution in [1.29, 1.82) is 0 Å². The van der Waals surface area contributed by atoms with Crippen LogP contribution in [0.5, 0.6) is 0 Å². The number of thioether (sulfide) groups is 1. The number of nitrogens with zero attached hydrogens (tertiary/aromatic N) is 3. The van der Waals surface area contributed by atoms with E-state index in [2.05, 4.69) is 13.0 Å². The van der Waals surface area contributed by atoms with Crippen molar-refractivity contribution in [2.45, 2.75) is 63.9 Å². The summed E-state index contributed by atoms with van der Waals surface area (Å²) >= 11 is 3.07. The minimum absolute atomic E-state index is 0.0116. The summed E-state index contributed by atoms with van der Waals surface area (Å²) in [6.07, 6.45) is 7.67. The number of rotatable bonds is 4. The highest BCUT2D eigenvalue weighted by molar-refractivity contribution is 7.99. The molecule has 0 N–H and O–H groups in total. The Labute approximate surface area is 196 Å². The molecule has 1 saturated heterocycles. The molecule has 0 unspecified atom stereocenters. The summed E-state index contributed by atoms with van der Waals surface area (Å²) in [6, 6.07) is 6.15. The number of thiophene rings is 1. The van der Waals surface area contributed by atoms with Crippen molar-refractivity contribution in [2.24, 2.45) is 0 Å². The molecule has 0 spiro atoms. The molecule has 0 bridgehead atoms. The van der Waals surface area contributed by atoms with Crippen LogP contribution >= 0.6 is 23.1 Å². The summed E-state index contributed by atoms with van der Waals surface area (Å²) < 4.78 is 1.76. The Balaban J connectivity index is 1.63. The second-order valence-electron chi connectivity index (χ2n) is 8.95. The average Bonchev–Trinajstić information content (AvgIpc) is 3.36. The minimum atomic E-state index is 0.0116. The number of amides is 1. The fourth-order valence-electron chi connectivity index (χ4n) is 4.91. The van der Waals surface area contributed by atoms with Gasteiger partial charge in [0.1, 0.15) is 4.83 Å². The van der Waals surface area contributed by atoms with Gasteiger partial charge in [-0.3, -0.25) is 14.2 Å². The standard InChI is InChI=1S/C25H29N3O2S2/c1-16-10-11-19(17(2)14-16)28-24(30)22-18-8-4-3-5-9-20(18)32-23(22)26-25(28)31-15-21(29)27-12-6-7-13-27/h10-11,14H,3-9,12-13,15H2,1-2H3. The number of carbonyl (C=O) groups excluding carboxylic acids is 1. The van der Waals surface area contributed by atoms with Crippen molar-refractivity contribution < 1.29 is 4.79 Å². The molecule has 3 aromatic rings. The van der Waals surface area contributed by atoms with Crippen LogP contribution in [0.25, 0.3) is 15.9 Å². The molecule has 7 heteroatoms. The van der Waals surface area contributed by atoms with Gasteiger partial charge in [0.05, 0.1) is 16.8 Å². The molecular weight excluding hydrogens is 438 g/mol. The van der Waals surface area contributed by atoms with E-state index in [-0.39, 0.29) is 11.5 Å². The van der Waals surface area contributed by atoms with Crippen molar-refractivity contribution in [1.82, 2.24) is 14.5 Å². The van der Waals surface area contributed by atoms with Crippen LogP contribution in [0.3, 0.4) is 0 Å². The van der Waals surface area contributed by atoms with Crippen molar-refractivity contribution >= 4 is 39.2 Å². The molecule has 1 amide bonds. The highest BCUT2D eigenvalue weighted by Gasteiger charge is 2.24. The summed E-state index contributed by atoms with van der Waals surface area (Å²) in [7, 11) is 0. The van der Waals surface area contributed by atoms with Gasteiger partial charge in [0.25, 0.3) is 5.56 Å². The topological polar surface area (TPSA) is 55.2 Å². The largest absolute Gasteiger partial charge is 0.342 e. The number of carbonyl (C=O) groups is 1. The van der Waals surface area contributed by atoms with Crippen molar-refractivity contribution in [3.05, 3.63) is 50.1 Å². The predicted octanol–water partition coefficient (Wildman–Crippen LogP) is 5.05. The van der Waals surface area contributed by atoms with Crippen molar-refractivity contribution in [3.63, 3.8) is 0 Å². The first kappa shape index (κ1) is 21.7. The molecule has 32 heavy (non-hydrogen) atoms. The Morgan fingerprint density at radius 2 is 1.88 bits per heavy atom. The van der Waals surface area contributed by atoms with Crippen LogP contribution < -0.4 is 5.56 Å². The predicted molar refractivity (Wildman–Crippen MR) is 132 cm³/mol. The minimum Gasteiger partial charge on any atom is -0.342 e. The van der Waals surface area contributed by atoms with E-state index in [4.69, 9.17) is 4.98 Å². The molecule has 0 saturated carbocycles. The number of hydrogen-bond donors (Lipinski definition) is 0. The van der Waals surface area contributed by atoms with Gasteiger partial charge in [0.15, 0.2) is 5.16 Å². The van der Waals surface area contributed by atoms with Crippen LogP contribution in [0.2, 0.25) is 0 Å². The van der Waals surface area contributed by atoms with Crippen LogP contribution in [0.4, 0.5) is 0 Å². The van der Waals surface area contributed by atoms with E-state index >= 15 is 0 Å². The van der Waals surface area contributed by atoms with Crippen LogP contribution in [-0.4, -0.2) is 39.2 Å². The number of aromatic nitrogens is 2. The first-order valence-electron chi connectivity index (χ1n) is 11.6. The zero-order chi connectivity index (χ0) is 22.2. The van der Waals surface area contributed by atoms with Gasteiger partial charge in [0, 0.05) is 18.0 Å². The first-order valence-corrected chi connectivity index (χ1v) is 13.4. The van der Waals surface area contributed by atoms with Gasteiger partial charge in [-0.15, -0.1) is 11.3 Å². The molecule has 5 rings (SSSR count). The summed E-state index contributed by atoms with van der Waals surface area (Å²) in [4.78, 5) is 35.7. The van der Waals surface area contributed by atoms with Gasteiger partial charge in [-0.1, -0.05) is 35.9 Å². The number of fused-ring (bicyclic) bond motifs is 3. The Morgan fingerprint density at radius 3 is 2.66 bits per heavy atom. The van der Waals surface area contributed by atoms with Crippen LogP contribution in [-0.2, 0) is 17.6 Å². The monoisotopic (exact) mass is 467 g/mol. The van der Waals surface area contributed by atoms with E-state index in [9.17, 15) is 9.59 Å². The fraction of sp³-hybridized carbons (Fsp3) is 0.480. The number of likely N-dealkylation sites (tertiary alicyclic amines) is 1. The van der Waals surface area contributed by atoms with Gasteiger partial charge >= 0.3 is 0 Å². The second-order valence-corrected chi connectivity index (χ2v) is 11.0. The number of hydrogen-bond acceptors (Lipinski definition) is 5. The van der Waals surface area contributed by atoms with Gasteiger partial charge in [-0.25, -0.2) is 4.98 Å². The lowest BCUT2D eigenvalue weighted by Crippen LogP contribution is -2.30. The molecule has 1 aromatic carbocycles. The number of aryl methyl sites for hydroxylation is 4. The SMILES string of the molecule is Cc1ccc(-n2c(SCC(=O)N3CCCC3)nc3sc4c(c3c2=O)CCCCC4)c(C)c1. The lowest BCUT2D eigenvalue weighted by Gasteiger charge is -2.17. The molecule has 1 aliphatic heterocycles. The van der Waals surface area contributed by atoms with Gasteiger partial charge < -0.3 is 4.90 Å². The smallest absolute Gasteiger partial charge is 0.267 e. The lowest BCUT2D eigenvalue weighted by molar-refractivity contribution is -0.127. The lowest BCUT2D eigenvalue weighted by atomic mass is 10.1. The zero-order valence-corrected chi connectivity index (χ0v) is 20.4. The normalized spacial score (nSPS) is 16.4. The molecule has 1 fully saturated rings. The Morgan fingerprint density at radius 1 is 1.09 bits per heavy atom. The summed E-state index contributed by atoms with van der Waals surface area (Å²) in [5.74, 6) is 0.449. The molecule has 0 atom stereocenters. The van der Waals surface area contributed by atoms with E-state index in [1.807, 2.05) is 24.0 Å². The molecule has 2 aromatic heterocycles. The highest BCUT2D eigenvalue weighted by Crippen LogP contribution is 2.35.